The summed E-state index contributed by atoms with van der Waals surface area (Å²) in [5, 5.41) is 0.708. The van der Waals surface area contributed by atoms with Crippen LogP contribution in [0.2, 0.25) is 10.0 Å². The lowest BCUT2D eigenvalue weighted by Crippen LogP contribution is -2.28. The van der Waals surface area contributed by atoms with Gasteiger partial charge in [-0.05, 0) is 49.2 Å². The van der Waals surface area contributed by atoms with Gasteiger partial charge in [-0.2, -0.15) is 0 Å². The zero-order chi connectivity index (χ0) is 19.3. The third-order valence-electron chi connectivity index (χ3n) is 3.68. The van der Waals surface area contributed by atoms with E-state index in [1.54, 1.807) is 50.4 Å². The molecule has 0 fully saturated rings. The average molecular weight is 418 g/mol. The third-order valence-corrected chi connectivity index (χ3v) is 5.85. The van der Waals surface area contributed by atoms with Crippen LogP contribution in [0, 0.1) is 0 Å². The maximum absolute atomic E-state index is 12.5. The van der Waals surface area contributed by atoms with Crippen molar-refractivity contribution in [1.82, 2.24) is 4.72 Å². The van der Waals surface area contributed by atoms with Crippen molar-refractivity contribution in [2.24, 2.45) is 0 Å². The molecule has 0 aliphatic rings. The molecule has 1 atom stereocenters. The molecule has 5 nitrogen and oxygen atoms in total. The molecule has 0 spiro atoms. The van der Waals surface area contributed by atoms with Crippen LogP contribution < -0.4 is 14.2 Å². The standard InChI is InChI=1S/C18H21Cl2NO4S/c1-4-25-17-8-6-14(10-18(17)24-3)12(2)21-26(22,23)11-13-5-7-15(19)16(20)9-13/h5-10,12,21H,4,11H2,1-3H3. The zero-order valence-corrected chi connectivity index (χ0v) is 17.1. The highest BCUT2D eigenvalue weighted by Crippen LogP contribution is 2.30. The second kappa shape index (κ2) is 8.95. The van der Waals surface area contributed by atoms with Gasteiger partial charge < -0.3 is 9.47 Å². The molecule has 2 aromatic rings. The van der Waals surface area contributed by atoms with Crippen LogP contribution in [0.15, 0.2) is 36.4 Å². The van der Waals surface area contributed by atoms with Crippen molar-refractivity contribution in [2.75, 3.05) is 13.7 Å². The number of hydrogen-bond acceptors (Lipinski definition) is 4. The van der Waals surface area contributed by atoms with E-state index in [2.05, 4.69) is 4.72 Å². The number of rotatable bonds is 8. The Bertz CT molecular complexity index is 871. The fourth-order valence-electron chi connectivity index (χ4n) is 2.46. The van der Waals surface area contributed by atoms with Gasteiger partial charge in [0, 0.05) is 6.04 Å². The second-order valence-corrected chi connectivity index (χ2v) is 8.26. The molecule has 2 aromatic carbocycles. The maximum Gasteiger partial charge on any atom is 0.216 e. The molecular weight excluding hydrogens is 397 g/mol. The Labute approximate surface area is 164 Å². The van der Waals surface area contributed by atoms with Gasteiger partial charge in [-0.25, -0.2) is 13.1 Å². The highest BCUT2D eigenvalue weighted by molar-refractivity contribution is 7.88. The van der Waals surface area contributed by atoms with Gasteiger partial charge in [0.25, 0.3) is 0 Å². The van der Waals surface area contributed by atoms with Gasteiger partial charge in [0.2, 0.25) is 10.0 Å². The van der Waals surface area contributed by atoms with Gasteiger partial charge in [0.1, 0.15) is 0 Å². The molecule has 0 radical (unpaired) electrons. The van der Waals surface area contributed by atoms with Crippen molar-refractivity contribution in [3.63, 3.8) is 0 Å². The molecule has 1 unspecified atom stereocenters. The molecule has 142 valence electrons. The van der Waals surface area contributed by atoms with Crippen molar-refractivity contribution >= 4 is 33.2 Å². The van der Waals surface area contributed by atoms with Crippen LogP contribution in [0.4, 0.5) is 0 Å². The summed E-state index contributed by atoms with van der Waals surface area (Å²) in [4.78, 5) is 0. The number of nitrogens with one attached hydrogen (secondary N) is 1. The van der Waals surface area contributed by atoms with E-state index in [9.17, 15) is 8.42 Å². The van der Waals surface area contributed by atoms with Crippen LogP contribution >= 0.6 is 23.2 Å². The van der Waals surface area contributed by atoms with E-state index < -0.39 is 16.1 Å². The molecule has 0 saturated heterocycles. The lowest BCUT2D eigenvalue weighted by Gasteiger charge is -2.17. The van der Waals surface area contributed by atoms with Crippen molar-refractivity contribution in [1.29, 1.82) is 0 Å². The van der Waals surface area contributed by atoms with Crippen LogP contribution in [0.1, 0.15) is 31.0 Å². The van der Waals surface area contributed by atoms with Crippen LogP contribution in [0.5, 0.6) is 11.5 Å². The summed E-state index contributed by atoms with van der Waals surface area (Å²) in [7, 11) is -2.03. The molecular formula is C18H21Cl2NO4S. The van der Waals surface area contributed by atoms with Gasteiger partial charge in [0.05, 0.1) is 29.5 Å². The highest BCUT2D eigenvalue weighted by atomic mass is 35.5. The van der Waals surface area contributed by atoms with E-state index in [0.29, 0.717) is 33.7 Å². The number of halogens is 2. The minimum absolute atomic E-state index is 0.192. The lowest BCUT2D eigenvalue weighted by atomic mass is 10.1. The first kappa shape index (κ1) is 20.8. The predicted octanol–water partition coefficient (Wildman–Crippen LogP) is 4.58. The van der Waals surface area contributed by atoms with E-state index in [1.807, 2.05) is 6.92 Å². The first-order valence-corrected chi connectivity index (χ1v) is 10.4. The Balaban J connectivity index is 2.14. The van der Waals surface area contributed by atoms with Crippen molar-refractivity contribution < 1.29 is 17.9 Å². The third kappa shape index (κ3) is 5.51. The minimum atomic E-state index is -3.58. The Morgan fingerprint density at radius 3 is 2.42 bits per heavy atom. The van der Waals surface area contributed by atoms with E-state index in [0.717, 1.165) is 5.56 Å². The number of hydrogen-bond donors (Lipinski definition) is 1. The molecule has 0 aromatic heterocycles. The van der Waals surface area contributed by atoms with Crippen LogP contribution in [0.25, 0.3) is 0 Å². The van der Waals surface area contributed by atoms with Gasteiger partial charge in [0.15, 0.2) is 11.5 Å². The monoisotopic (exact) mass is 417 g/mol. The molecule has 0 heterocycles. The normalized spacial score (nSPS) is 12.7. The quantitative estimate of drug-likeness (QED) is 0.682. The number of benzene rings is 2. The molecule has 0 aliphatic carbocycles. The van der Waals surface area contributed by atoms with Crippen molar-refractivity contribution in [2.45, 2.75) is 25.6 Å². The van der Waals surface area contributed by atoms with Crippen LogP contribution in [-0.4, -0.2) is 22.1 Å². The van der Waals surface area contributed by atoms with Gasteiger partial charge >= 0.3 is 0 Å². The summed E-state index contributed by atoms with van der Waals surface area (Å²) in [5.74, 6) is 0.979. The summed E-state index contributed by atoms with van der Waals surface area (Å²) in [6.07, 6.45) is 0. The SMILES string of the molecule is CCOc1ccc(C(C)NS(=O)(=O)Cc2ccc(Cl)c(Cl)c2)cc1OC. The van der Waals surface area contributed by atoms with Crippen molar-refractivity contribution in [3.8, 4) is 11.5 Å². The van der Waals surface area contributed by atoms with E-state index >= 15 is 0 Å². The Morgan fingerprint density at radius 1 is 1.08 bits per heavy atom. The van der Waals surface area contributed by atoms with Gasteiger partial charge in [-0.1, -0.05) is 35.3 Å². The molecule has 8 heteroatoms. The summed E-state index contributed by atoms with van der Waals surface area (Å²) < 4.78 is 38.4. The number of ether oxygens (including phenoxy) is 2. The second-order valence-electron chi connectivity index (χ2n) is 5.69. The molecule has 0 aliphatic heterocycles. The summed E-state index contributed by atoms with van der Waals surface area (Å²) in [5.41, 5.74) is 1.33. The summed E-state index contributed by atoms with van der Waals surface area (Å²) in [6.45, 7) is 4.16. The van der Waals surface area contributed by atoms with Crippen molar-refractivity contribution in [3.05, 3.63) is 57.6 Å². The van der Waals surface area contributed by atoms with Crippen LogP contribution in [-0.2, 0) is 15.8 Å². The van der Waals surface area contributed by atoms with Gasteiger partial charge in [-0.15, -0.1) is 0 Å². The Hall–Kier alpha value is -1.47. The summed E-state index contributed by atoms with van der Waals surface area (Å²) >= 11 is 11.8. The predicted molar refractivity (Wildman–Crippen MR) is 105 cm³/mol. The molecule has 1 N–H and O–H groups in total. The smallest absolute Gasteiger partial charge is 0.216 e. The molecule has 26 heavy (non-hydrogen) atoms. The first-order chi connectivity index (χ1) is 12.3. The van der Waals surface area contributed by atoms with E-state index in [4.69, 9.17) is 32.7 Å². The highest BCUT2D eigenvalue weighted by Gasteiger charge is 2.18. The fourth-order valence-corrected chi connectivity index (χ4v) is 4.15. The molecule has 0 saturated carbocycles. The number of methoxy groups -OCH3 is 1. The maximum atomic E-state index is 12.5. The molecule has 2 rings (SSSR count). The topological polar surface area (TPSA) is 64.6 Å². The summed E-state index contributed by atoms with van der Waals surface area (Å²) in [6, 6.07) is 9.66. The molecule has 0 bridgehead atoms. The Kier molecular flexibility index (Phi) is 7.17. The van der Waals surface area contributed by atoms with E-state index in [-0.39, 0.29) is 5.75 Å². The van der Waals surface area contributed by atoms with E-state index in [1.165, 1.54) is 0 Å². The lowest BCUT2D eigenvalue weighted by molar-refractivity contribution is 0.310. The zero-order valence-electron chi connectivity index (χ0n) is 14.8. The minimum Gasteiger partial charge on any atom is -0.493 e. The number of sulfonamides is 1. The average Bonchev–Trinajstić information content (AvgIpc) is 2.58. The van der Waals surface area contributed by atoms with Crippen LogP contribution in [0.3, 0.4) is 0 Å². The first-order valence-electron chi connectivity index (χ1n) is 8.00. The fraction of sp³-hybridized carbons (Fsp3) is 0.333. The van der Waals surface area contributed by atoms with Gasteiger partial charge in [-0.3, -0.25) is 0 Å². The Morgan fingerprint density at radius 2 is 1.81 bits per heavy atom. The largest absolute Gasteiger partial charge is 0.493 e. The molecule has 0 amide bonds.